The molecule has 0 aromatic carbocycles. The lowest BCUT2D eigenvalue weighted by molar-refractivity contribution is -0.159. The molecular weight excluding hydrogens is 296 g/mol. The van der Waals surface area contributed by atoms with E-state index in [1.807, 2.05) is 0 Å². The van der Waals surface area contributed by atoms with Crippen molar-refractivity contribution in [1.29, 1.82) is 0 Å². The van der Waals surface area contributed by atoms with E-state index in [1.165, 1.54) is 0 Å². The van der Waals surface area contributed by atoms with Gasteiger partial charge in [-0.25, -0.2) is 4.79 Å². The largest absolute Gasteiger partial charge is 0.458 e. The van der Waals surface area contributed by atoms with Crippen LogP contribution in [0.3, 0.4) is 0 Å². The van der Waals surface area contributed by atoms with Crippen LogP contribution in [0.25, 0.3) is 0 Å². The van der Waals surface area contributed by atoms with Gasteiger partial charge in [-0.2, -0.15) is 0 Å². The lowest BCUT2D eigenvalue weighted by Gasteiger charge is -2.40. The smallest absolute Gasteiger partial charge is 0.334 e. The average Bonchev–Trinajstić information content (AvgIpc) is 3.03. The van der Waals surface area contributed by atoms with Gasteiger partial charge in [0, 0.05) is 11.5 Å². The van der Waals surface area contributed by atoms with Crippen molar-refractivity contribution in [2.75, 3.05) is 0 Å². The molecule has 116 valence electrons. The summed E-state index contributed by atoms with van der Waals surface area (Å²) in [7, 11) is 0. The number of carbonyl (C=O) groups is 1. The minimum Gasteiger partial charge on any atom is -0.458 e. The van der Waals surface area contributed by atoms with Gasteiger partial charge in [-0.3, -0.25) is 0 Å². The van der Waals surface area contributed by atoms with Crippen LogP contribution in [0.2, 0.25) is 0 Å². The Labute approximate surface area is 127 Å². The van der Waals surface area contributed by atoms with Crippen molar-refractivity contribution < 1.29 is 24.5 Å². The second-order valence-corrected chi connectivity index (χ2v) is 7.72. The lowest BCUT2D eigenvalue weighted by atomic mass is 9.73. The molecule has 2 N–H and O–H groups in total. The summed E-state index contributed by atoms with van der Waals surface area (Å²) in [5, 5.41) is 21.2. The van der Waals surface area contributed by atoms with Crippen LogP contribution in [0.1, 0.15) is 26.7 Å². The van der Waals surface area contributed by atoms with Crippen molar-refractivity contribution in [2.45, 2.75) is 61.1 Å². The number of rotatable bonds is 0. The van der Waals surface area contributed by atoms with Gasteiger partial charge >= 0.3 is 5.97 Å². The minimum atomic E-state index is -1.27. The third-order valence-corrected chi connectivity index (χ3v) is 6.74. The maximum atomic E-state index is 11.9. The normalized spacial score (nSPS) is 61.7. The van der Waals surface area contributed by atoms with E-state index >= 15 is 0 Å². The van der Waals surface area contributed by atoms with E-state index in [9.17, 15) is 15.0 Å². The molecule has 6 heteroatoms. The van der Waals surface area contributed by atoms with E-state index in [2.05, 4.69) is 6.58 Å². The zero-order valence-electron chi connectivity index (χ0n) is 12.0. The quantitative estimate of drug-likeness (QED) is 0.299. The number of fused-ring (bicyclic) bond motifs is 2. The SMILES string of the molecule is C=C1C(=O)O[C@H]2[C@H]1CC[C@@](C)(O)[C@@]13O[C@@H]1[C@@H](Cl)[C@](C)(O)[C@H]23. The van der Waals surface area contributed by atoms with Crippen LogP contribution >= 0.6 is 11.6 Å². The van der Waals surface area contributed by atoms with Gasteiger partial charge in [0.15, 0.2) is 0 Å². The van der Waals surface area contributed by atoms with E-state index in [4.69, 9.17) is 21.1 Å². The molecule has 21 heavy (non-hydrogen) atoms. The fraction of sp³-hybridized carbons (Fsp3) is 0.800. The number of alkyl halides is 1. The molecule has 2 aliphatic heterocycles. The summed E-state index contributed by atoms with van der Waals surface area (Å²) < 4.78 is 11.3. The van der Waals surface area contributed by atoms with Crippen molar-refractivity contribution in [3.63, 3.8) is 0 Å². The summed E-state index contributed by atoms with van der Waals surface area (Å²) in [5.74, 6) is -1.18. The average molecular weight is 315 g/mol. The summed E-state index contributed by atoms with van der Waals surface area (Å²) in [4.78, 5) is 11.9. The first kappa shape index (κ1) is 14.0. The number of ether oxygens (including phenoxy) is 2. The van der Waals surface area contributed by atoms with Crippen LogP contribution in [0.5, 0.6) is 0 Å². The number of hydrogen-bond acceptors (Lipinski definition) is 5. The Hall–Kier alpha value is -0.620. The van der Waals surface area contributed by atoms with Gasteiger partial charge in [0.2, 0.25) is 0 Å². The Morgan fingerprint density at radius 3 is 2.71 bits per heavy atom. The van der Waals surface area contributed by atoms with Crippen LogP contribution < -0.4 is 0 Å². The number of halogens is 1. The number of aliphatic hydroxyl groups is 2. The predicted octanol–water partition coefficient (Wildman–Crippen LogP) is 0.755. The molecule has 4 aliphatic rings. The van der Waals surface area contributed by atoms with E-state index < -0.39 is 46.3 Å². The van der Waals surface area contributed by atoms with E-state index in [-0.39, 0.29) is 5.92 Å². The minimum absolute atomic E-state index is 0.202. The fourth-order valence-corrected chi connectivity index (χ4v) is 5.24. The van der Waals surface area contributed by atoms with Gasteiger partial charge in [0.05, 0.1) is 22.5 Å². The topological polar surface area (TPSA) is 79.3 Å². The molecule has 2 heterocycles. The highest BCUT2D eigenvalue weighted by atomic mass is 35.5. The standard InChI is InChI=1S/C15H19ClO5/c1-6-7-4-5-13(2,18)15-9(8(7)20-12(6)17)14(3,19)10(16)11(15)21-15/h7-11,18-19H,1,4-5H2,2-3H3/t7-,8-,9-,10+,11+,13+,14+,15-/m0/s1. The molecule has 2 saturated carbocycles. The monoisotopic (exact) mass is 314 g/mol. The number of epoxide rings is 1. The molecule has 2 aliphatic carbocycles. The molecule has 0 aromatic rings. The first-order valence-electron chi connectivity index (χ1n) is 7.31. The van der Waals surface area contributed by atoms with Gasteiger partial charge in [0.25, 0.3) is 0 Å². The summed E-state index contributed by atoms with van der Waals surface area (Å²) >= 11 is 6.36. The first-order chi connectivity index (χ1) is 9.64. The molecule has 5 nitrogen and oxygen atoms in total. The van der Waals surface area contributed by atoms with Crippen molar-refractivity contribution in [3.8, 4) is 0 Å². The molecule has 8 atom stereocenters. The molecule has 0 aromatic heterocycles. The summed E-state index contributed by atoms with van der Waals surface area (Å²) in [6.07, 6.45) is 0.0825. The van der Waals surface area contributed by atoms with Gasteiger partial charge in [0.1, 0.15) is 17.8 Å². The third kappa shape index (κ3) is 1.37. The maximum absolute atomic E-state index is 11.9. The molecule has 0 amide bonds. The number of esters is 1. The molecule has 1 spiro atoms. The zero-order chi connectivity index (χ0) is 15.4. The van der Waals surface area contributed by atoms with E-state index in [1.54, 1.807) is 13.8 Å². The van der Waals surface area contributed by atoms with Crippen LogP contribution in [0.4, 0.5) is 0 Å². The highest BCUT2D eigenvalue weighted by molar-refractivity contribution is 6.22. The third-order valence-electron chi connectivity index (χ3n) is 6.07. The molecule has 4 rings (SSSR count). The summed E-state index contributed by atoms with van der Waals surface area (Å²) in [6, 6.07) is 0. The highest BCUT2D eigenvalue weighted by Crippen LogP contribution is 2.69. The summed E-state index contributed by atoms with van der Waals surface area (Å²) in [5.41, 5.74) is -2.91. The van der Waals surface area contributed by atoms with Gasteiger partial charge in [-0.1, -0.05) is 6.58 Å². The molecular formula is C15H19ClO5. The van der Waals surface area contributed by atoms with Crippen molar-refractivity contribution >= 4 is 17.6 Å². The van der Waals surface area contributed by atoms with E-state index in [0.717, 1.165) is 0 Å². The van der Waals surface area contributed by atoms with Crippen molar-refractivity contribution in [1.82, 2.24) is 0 Å². The van der Waals surface area contributed by atoms with Crippen molar-refractivity contribution in [3.05, 3.63) is 12.2 Å². The highest BCUT2D eigenvalue weighted by Gasteiger charge is 2.85. The van der Waals surface area contributed by atoms with Crippen LogP contribution in [-0.4, -0.2) is 50.6 Å². The molecule has 2 saturated heterocycles. The van der Waals surface area contributed by atoms with Gasteiger partial charge in [-0.05, 0) is 26.7 Å². The maximum Gasteiger partial charge on any atom is 0.334 e. The molecule has 0 unspecified atom stereocenters. The Morgan fingerprint density at radius 1 is 1.38 bits per heavy atom. The van der Waals surface area contributed by atoms with Gasteiger partial charge < -0.3 is 19.7 Å². The lowest BCUT2D eigenvalue weighted by Crippen LogP contribution is -2.56. The Morgan fingerprint density at radius 2 is 2.05 bits per heavy atom. The van der Waals surface area contributed by atoms with Crippen LogP contribution in [0.15, 0.2) is 12.2 Å². The van der Waals surface area contributed by atoms with Gasteiger partial charge in [-0.15, -0.1) is 11.6 Å². The first-order valence-corrected chi connectivity index (χ1v) is 7.74. The Bertz CT molecular complexity index is 556. The van der Waals surface area contributed by atoms with E-state index in [0.29, 0.717) is 18.4 Å². The molecule has 4 fully saturated rings. The number of hydrogen-bond donors (Lipinski definition) is 2. The number of carbonyl (C=O) groups excluding carboxylic acids is 1. The summed E-state index contributed by atoms with van der Waals surface area (Å²) in [6.45, 7) is 7.17. The predicted molar refractivity (Wildman–Crippen MR) is 73.7 cm³/mol. The zero-order valence-corrected chi connectivity index (χ0v) is 12.8. The molecule has 0 bridgehead atoms. The second kappa shape index (κ2) is 3.65. The van der Waals surface area contributed by atoms with Crippen LogP contribution in [0, 0.1) is 11.8 Å². The second-order valence-electron chi connectivity index (χ2n) is 7.25. The van der Waals surface area contributed by atoms with Crippen molar-refractivity contribution in [2.24, 2.45) is 11.8 Å². The Balaban J connectivity index is 1.87. The van der Waals surface area contributed by atoms with Crippen LogP contribution in [-0.2, 0) is 14.3 Å². The molecule has 0 radical (unpaired) electrons. The Kier molecular flexibility index (Phi) is 2.43. The fourth-order valence-electron chi connectivity index (χ4n) is 4.86.